The molecule has 0 aromatic carbocycles. The van der Waals surface area contributed by atoms with Crippen molar-refractivity contribution in [2.45, 2.75) is 18.9 Å². The molecule has 4 nitrogen and oxygen atoms in total. The first-order valence-corrected chi connectivity index (χ1v) is 9.28. The average molecular weight is 296 g/mol. The van der Waals surface area contributed by atoms with Crippen molar-refractivity contribution in [2.24, 2.45) is 0 Å². The predicted molar refractivity (Wildman–Crippen MR) is 78.4 cm³/mol. The summed E-state index contributed by atoms with van der Waals surface area (Å²) in [5.74, 6) is 1.63. The van der Waals surface area contributed by atoms with E-state index >= 15 is 0 Å². The molecular weight excluding hydrogens is 276 g/mol. The van der Waals surface area contributed by atoms with Crippen LogP contribution in [-0.2, 0) is 9.84 Å². The van der Waals surface area contributed by atoms with Crippen LogP contribution in [0.25, 0.3) is 0 Å². The van der Waals surface area contributed by atoms with Crippen molar-refractivity contribution in [2.75, 3.05) is 37.1 Å². The first-order valence-electron chi connectivity index (χ1n) is 5.66. The van der Waals surface area contributed by atoms with Crippen molar-refractivity contribution in [3.8, 4) is 0 Å². The summed E-state index contributed by atoms with van der Waals surface area (Å²) in [7, 11) is -0.965. The number of thioether (sulfide) groups is 1. The van der Waals surface area contributed by atoms with Gasteiger partial charge in [0.15, 0.2) is 14.9 Å². The quantitative estimate of drug-likeness (QED) is 0.596. The smallest absolute Gasteiger partial charge is 0.168 e. The molecule has 1 heterocycles. The van der Waals surface area contributed by atoms with Gasteiger partial charge < -0.3 is 10.2 Å². The number of rotatable bonds is 5. The third-order valence-corrected chi connectivity index (χ3v) is 5.76. The number of hydrogen-bond acceptors (Lipinski definition) is 4. The first-order chi connectivity index (χ1) is 7.96. The van der Waals surface area contributed by atoms with Gasteiger partial charge >= 0.3 is 0 Å². The van der Waals surface area contributed by atoms with Crippen molar-refractivity contribution in [3.05, 3.63) is 0 Å². The Hall–Kier alpha value is -0.0100. The normalized spacial score (nSPS) is 22.4. The zero-order valence-electron chi connectivity index (χ0n) is 10.3. The SMILES string of the molecule is CSCCCNC(=S)N(C)C1CCS(=O)(=O)C1. The van der Waals surface area contributed by atoms with Gasteiger partial charge in [0.2, 0.25) is 0 Å². The Bertz CT molecular complexity index is 357. The van der Waals surface area contributed by atoms with Crippen LogP contribution in [0.15, 0.2) is 0 Å². The van der Waals surface area contributed by atoms with Gasteiger partial charge in [0.25, 0.3) is 0 Å². The van der Waals surface area contributed by atoms with E-state index in [0.29, 0.717) is 11.5 Å². The molecule has 0 amide bonds. The minimum absolute atomic E-state index is 0.0422. The van der Waals surface area contributed by atoms with Gasteiger partial charge in [-0.3, -0.25) is 0 Å². The van der Waals surface area contributed by atoms with Crippen molar-refractivity contribution >= 4 is 38.9 Å². The second-order valence-corrected chi connectivity index (χ2v) is 7.85. The fourth-order valence-electron chi connectivity index (χ4n) is 1.78. The summed E-state index contributed by atoms with van der Waals surface area (Å²) in [6, 6.07) is 0.0422. The molecule has 1 rings (SSSR count). The first kappa shape index (κ1) is 15.0. The van der Waals surface area contributed by atoms with Crippen LogP contribution < -0.4 is 5.32 Å². The third kappa shape index (κ3) is 5.01. The van der Waals surface area contributed by atoms with Crippen LogP contribution in [0.3, 0.4) is 0 Å². The largest absolute Gasteiger partial charge is 0.363 e. The van der Waals surface area contributed by atoms with Gasteiger partial charge in [0.05, 0.1) is 11.5 Å². The van der Waals surface area contributed by atoms with E-state index in [9.17, 15) is 8.42 Å². The lowest BCUT2D eigenvalue weighted by Gasteiger charge is -2.26. The summed E-state index contributed by atoms with van der Waals surface area (Å²) in [6.45, 7) is 0.851. The fraction of sp³-hybridized carbons (Fsp3) is 0.900. The maximum atomic E-state index is 11.4. The minimum atomic E-state index is -2.84. The van der Waals surface area contributed by atoms with E-state index in [4.69, 9.17) is 12.2 Å². The van der Waals surface area contributed by atoms with E-state index in [2.05, 4.69) is 11.6 Å². The maximum Gasteiger partial charge on any atom is 0.168 e. The molecule has 1 aliphatic rings. The molecule has 1 unspecified atom stereocenters. The van der Waals surface area contributed by atoms with Crippen molar-refractivity contribution in [3.63, 3.8) is 0 Å². The van der Waals surface area contributed by atoms with E-state index in [1.807, 2.05) is 23.7 Å². The molecule has 0 aliphatic carbocycles. The highest BCUT2D eigenvalue weighted by Crippen LogP contribution is 2.16. The Kier molecular flexibility index (Phi) is 6.02. The molecule has 100 valence electrons. The minimum Gasteiger partial charge on any atom is -0.363 e. The van der Waals surface area contributed by atoms with E-state index in [-0.39, 0.29) is 17.5 Å². The zero-order chi connectivity index (χ0) is 12.9. The van der Waals surface area contributed by atoms with Crippen LogP contribution in [-0.4, -0.2) is 61.6 Å². The lowest BCUT2D eigenvalue weighted by Crippen LogP contribution is -2.44. The summed E-state index contributed by atoms with van der Waals surface area (Å²) in [5.41, 5.74) is 0. The molecule has 1 atom stereocenters. The second kappa shape index (κ2) is 6.80. The van der Waals surface area contributed by atoms with Crippen LogP contribution in [0.1, 0.15) is 12.8 Å². The Balaban J connectivity index is 2.32. The molecule has 1 saturated heterocycles. The average Bonchev–Trinajstić information content (AvgIpc) is 2.64. The molecule has 0 aromatic heterocycles. The maximum absolute atomic E-state index is 11.4. The monoisotopic (exact) mass is 296 g/mol. The van der Waals surface area contributed by atoms with Gasteiger partial charge in [-0.25, -0.2) is 8.42 Å². The predicted octanol–water partition coefficient (Wildman–Crippen LogP) is 0.733. The Labute approximate surface area is 113 Å². The van der Waals surface area contributed by atoms with Gasteiger partial charge in [0, 0.05) is 19.6 Å². The lowest BCUT2D eigenvalue weighted by molar-refractivity contribution is 0.390. The van der Waals surface area contributed by atoms with Gasteiger partial charge in [-0.15, -0.1) is 0 Å². The van der Waals surface area contributed by atoms with E-state index in [1.165, 1.54) is 0 Å². The molecule has 0 bridgehead atoms. The molecule has 17 heavy (non-hydrogen) atoms. The third-order valence-electron chi connectivity index (χ3n) is 2.88. The van der Waals surface area contributed by atoms with Crippen molar-refractivity contribution < 1.29 is 8.42 Å². The van der Waals surface area contributed by atoms with Crippen molar-refractivity contribution in [1.82, 2.24) is 10.2 Å². The molecule has 1 N–H and O–H groups in total. The Morgan fingerprint density at radius 2 is 2.29 bits per heavy atom. The summed E-state index contributed by atoms with van der Waals surface area (Å²) in [6.07, 6.45) is 3.83. The number of hydrogen-bond donors (Lipinski definition) is 1. The lowest BCUT2D eigenvalue weighted by atomic mass is 10.2. The molecule has 1 fully saturated rings. The van der Waals surface area contributed by atoms with E-state index in [0.717, 1.165) is 18.7 Å². The number of nitrogens with zero attached hydrogens (tertiary/aromatic N) is 1. The van der Waals surface area contributed by atoms with Gasteiger partial charge in [-0.2, -0.15) is 11.8 Å². The molecule has 0 radical (unpaired) electrons. The van der Waals surface area contributed by atoms with Gasteiger partial charge in [-0.1, -0.05) is 0 Å². The van der Waals surface area contributed by atoms with Crippen molar-refractivity contribution in [1.29, 1.82) is 0 Å². The number of thiocarbonyl (C=S) groups is 1. The number of sulfone groups is 1. The van der Waals surface area contributed by atoms with Crippen LogP contribution in [0.2, 0.25) is 0 Å². The van der Waals surface area contributed by atoms with E-state index in [1.54, 1.807) is 0 Å². The van der Waals surface area contributed by atoms with Crippen LogP contribution in [0.5, 0.6) is 0 Å². The zero-order valence-corrected chi connectivity index (χ0v) is 12.8. The number of nitrogens with one attached hydrogen (secondary N) is 1. The highest BCUT2D eigenvalue weighted by Gasteiger charge is 2.31. The molecule has 0 spiro atoms. The Morgan fingerprint density at radius 3 is 2.82 bits per heavy atom. The molecule has 0 aromatic rings. The highest BCUT2D eigenvalue weighted by atomic mass is 32.2. The summed E-state index contributed by atoms with van der Waals surface area (Å²) < 4.78 is 22.7. The molecule has 7 heteroatoms. The Morgan fingerprint density at radius 1 is 1.59 bits per heavy atom. The van der Waals surface area contributed by atoms with Gasteiger partial charge in [-0.05, 0) is 37.1 Å². The van der Waals surface area contributed by atoms with Gasteiger partial charge in [0.1, 0.15) is 0 Å². The fourth-order valence-corrected chi connectivity index (χ4v) is 4.24. The van der Waals surface area contributed by atoms with E-state index < -0.39 is 9.84 Å². The summed E-state index contributed by atoms with van der Waals surface area (Å²) in [4.78, 5) is 1.89. The molecular formula is C10H20N2O2S3. The molecule has 1 aliphatic heterocycles. The summed E-state index contributed by atoms with van der Waals surface area (Å²) >= 11 is 7.06. The molecule has 0 saturated carbocycles. The van der Waals surface area contributed by atoms with Crippen LogP contribution >= 0.6 is 24.0 Å². The second-order valence-electron chi connectivity index (χ2n) is 4.25. The topological polar surface area (TPSA) is 49.4 Å². The van der Waals surface area contributed by atoms with Crippen LogP contribution in [0, 0.1) is 0 Å². The van der Waals surface area contributed by atoms with Crippen LogP contribution in [0.4, 0.5) is 0 Å². The summed E-state index contributed by atoms with van der Waals surface area (Å²) in [5, 5.41) is 3.83. The highest BCUT2D eigenvalue weighted by molar-refractivity contribution is 7.98. The standard InChI is InChI=1S/C10H20N2O2S3/c1-12(9-4-7-17(13,14)8-9)10(15)11-5-3-6-16-2/h9H,3-8H2,1-2H3,(H,11,15).